The summed E-state index contributed by atoms with van der Waals surface area (Å²) in [4.78, 5) is 67.1. The van der Waals surface area contributed by atoms with Crippen LogP contribution in [0.5, 0.6) is 0 Å². The quantitative estimate of drug-likeness (QED) is 0.457. The van der Waals surface area contributed by atoms with E-state index in [0.29, 0.717) is 0 Å². The molecule has 2 aromatic carbocycles. The van der Waals surface area contributed by atoms with Crippen LogP contribution < -0.4 is 4.90 Å². The minimum atomic E-state index is -2.07. The molecule has 0 saturated carbocycles. The van der Waals surface area contributed by atoms with Crippen LogP contribution in [0, 0.1) is 0 Å². The minimum Gasteiger partial charge on any atom is -0.465 e. The molecule has 0 N–H and O–H groups in total. The molecule has 1 aliphatic heterocycles. The summed E-state index contributed by atoms with van der Waals surface area (Å²) in [5.41, 5.74) is -1.36. The fraction of sp³-hybridized carbons (Fsp3) is 0.292. The number of esters is 2. The van der Waals surface area contributed by atoms with Crippen molar-refractivity contribution < 1.29 is 33.4 Å². The SMILES string of the molecule is CCOC(=O)C1(C(=O)OCC)CC(=O)N(C)c2c1ccc1c2C(=O)c2ccccc2C1=O. The first-order valence-electron chi connectivity index (χ1n) is 10.3. The molecule has 0 atom stereocenters. The predicted molar refractivity (Wildman–Crippen MR) is 113 cm³/mol. The third-order valence-electron chi connectivity index (χ3n) is 5.90. The molecule has 0 saturated heterocycles. The first-order chi connectivity index (χ1) is 15.3. The highest BCUT2D eigenvalue weighted by Crippen LogP contribution is 2.46. The second-order valence-corrected chi connectivity index (χ2v) is 7.56. The van der Waals surface area contributed by atoms with E-state index in [4.69, 9.17) is 9.47 Å². The van der Waals surface area contributed by atoms with Crippen molar-refractivity contribution in [3.05, 3.63) is 64.2 Å². The molecule has 1 amide bonds. The van der Waals surface area contributed by atoms with Crippen LogP contribution in [0.1, 0.15) is 57.7 Å². The lowest BCUT2D eigenvalue weighted by molar-refractivity contribution is -0.167. The first-order valence-corrected chi connectivity index (χ1v) is 10.3. The largest absolute Gasteiger partial charge is 0.465 e. The van der Waals surface area contributed by atoms with E-state index in [9.17, 15) is 24.0 Å². The molecule has 4 rings (SSSR count). The van der Waals surface area contributed by atoms with Crippen LogP contribution in [0.15, 0.2) is 36.4 Å². The maximum absolute atomic E-state index is 13.5. The second kappa shape index (κ2) is 7.71. The Morgan fingerprint density at radius 1 is 0.875 bits per heavy atom. The Kier molecular flexibility index (Phi) is 5.16. The summed E-state index contributed by atoms with van der Waals surface area (Å²) in [6.07, 6.45) is -0.508. The maximum atomic E-state index is 13.5. The predicted octanol–water partition coefficient (Wildman–Crippen LogP) is 2.19. The lowest BCUT2D eigenvalue weighted by atomic mass is 9.70. The molecule has 8 heteroatoms. The first kappa shape index (κ1) is 21.4. The van der Waals surface area contributed by atoms with Crippen molar-refractivity contribution in [3.63, 3.8) is 0 Å². The van der Waals surface area contributed by atoms with Crippen molar-refractivity contribution in [2.24, 2.45) is 0 Å². The number of hydrogen-bond donors (Lipinski definition) is 0. The summed E-state index contributed by atoms with van der Waals surface area (Å²) in [6, 6.07) is 9.25. The molecule has 0 spiro atoms. The summed E-state index contributed by atoms with van der Waals surface area (Å²) in [6.45, 7) is 3.13. The molecule has 164 valence electrons. The van der Waals surface area contributed by atoms with Crippen molar-refractivity contribution in [3.8, 4) is 0 Å². The molecule has 32 heavy (non-hydrogen) atoms. The van der Waals surface area contributed by atoms with Crippen LogP contribution >= 0.6 is 0 Å². The standard InChI is InChI=1S/C24H21NO7/c1-4-31-22(29)24(23(30)32-5-2)12-17(26)25(3)19-16(24)11-10-15-18(19)21(28)14-9-7-6-8-13(14)20(15)27/h6-11H,4-5,12H2,1-3H3. The highest BCUT2D eigenvalue weighted by atomic mass is 16.6. The van der Waals surface area contributed by atoms with Crippen molar-refractivity contribution in [1.82, 2.24) is 0 Å². The van der Waals surface area contributed by atoms with E-state index in [2.05, 4.69) is 0 Å². The Morgan fingerprint density at radius 2 is 1.44 bits per heavy atom. The maximum Gasteiger partial charge on any atom is 0.328 e. The average molecular weight is 435 g/mol. The van der Waals surface area contributed by atoms with E-state index in [0.717, 1.165) is 0 Å². The molecule has 0 bridgehead atoms. The van der Waals surface area contributed by atoms with Crippen molar-refractivity contribution >= 4 is 35.1 Å². The Morgan fingerprint density at radius 3 is 2.00 bits per heavy atom. The number of rotatable bonds is 4. The van der Waals surface area contributed by atoms with E-state index in [-0.39, 0.29) is 52.5 Å². The van der Waals surface area contributed by atoms with E-state index >= 15 is 0 Å². The van der Waals surface area contributed by atoms with Crippen LogP contribution in [0.25, 0.3) is 0 Å². The lowest BCUT2D eigenvalue weighted by Crippen LogP contribution is -2.54. The molecule has 0 unspecified atom stereocenters. The molecule has 0 aromatic heterocycles. The lowest BCUT2D eigenvalue weighted by Gasteiger charge is -2.39. The zero-order chi connectivity index (χ0) is 23.2. The normalized spacial score (nSPS) is 16.1. The van der Waals surface area contributed by atoms with Gasteiger partial charge in [-0.2, -0.15) is 0 Å². The molecule has 0 fully saturated rings. The van der Waals surface area contributed by atoms with E-state index in [1.165, 1.54) is 30.1 Å². The summed E-state index contributed by atoms with van der Waals surface area (Å²) in [5, 5.41) is 0. The molecule has 8 nitrogen and oxygen atoms in total. The number of fused-ring (bicyclic) bond motifs is 4. The Labute approximate surface area is 184 Å². The van der Waals surface area contributed by atoms with Gasteiger partial charge in [-0.25, -0.2) is 0 Å². The molecule has 1 heterocycles. The monoisotopic (exact) mass is 435 g/mol. The van der Waals surface area contributed by atoms with Crippen LogP contribution in [0.2, 0.25) is 0 Å². The second-order valence-electron chi connectivity index (χ2n) is 7.56. The topological polar surface area (TPSA) is 107 Å². The van der Waals surface area contributed by atoms with Gasteiger partial charge in [0.25, 0.3) is 0 Å². The number of carbonyl (C=O) groups excluding carboxylic acids is 5. The smallest absolute Gasteiger partial charge is 0.328 e. The van der Waals surface area contributed by atoms with E-state index < -0.39 is 35.5 Å². The number of nitrogens with zero attached hydrogens (tertiary/aromatic N) is 1. The third kappa shape index (κ3) is 2.79. The van der Waals surface area contributed by atoms with Crippen LogP contribution in [-0.2, 0) is 29.3 Å². The zero-order valence-electron chi connectivity index (χ0n) is 17.9. The third-order valence-corrected chi connectivity index (χ3v) is 5.90. The Hall–Kier alpha value is -3.81. The molecule has 0 radical (unpaired) electrons. The fourth-order valence-electron chi connectivity index (χ4n) is 4.38. The van der Waals surface area contributed by atoms with Gasteiger partial charge < -0.3 is 14.4 Å². The number of ketones is 2. The molecule has 2 aromatic rings. The van der Waals surface area contributed by atoms with Gasteiger partial charge in [0.05, 0.1) is 30.9 Å². The van der Waals surface area contributed by atoms with Gasteiger partial charge in [0.2, 0.25) is 11.3 Å². The Bertz CT molecular complexity index is 1180. The highest BCUT2D eigenvalue weighted by molar-refractivity contribution is 6.32. The van der Waals surface area contributed by atoms with Gasteiger partial charge >= 0.3 is 11.9 Å². The van der Waals surface area contributed by atoms with Gasteiger partial charge in [-0.05, 0) is 19.9 Å². The molecule has 1 aliphatic carbocycles. The van der Waals surface area contributed by atoms with Crippen molar-refractivity contribution in [2.45, 2.75) is 25.7 Å². The molecular weight excluding hydrogens is 414 g/mol. The molecule has 2 aliphatic rings. The summed E-state index contributed by atoms with van der Waals surface area (Å²) in [5.74, 6) is -3.28. The van der Waals surface area contributed by atoms with E-state index in [1.807, 2.05) is 0 Å². The van der Waals surface area contributed by atoms with Gasteiger partial charge in [0.15, 0.2) is 11.6 Å². The fourth-order valence-corrected chi connectivity index (χ4v) is 4.38. The number of carbonyl (C=O) groups is 5. The number of benzene rings is 2. The average Bonchev–Trinajstić information content (AvgIpc) is 2.79. The van der Waals surface area contributed by atoms with Gasteiger partial charge in [-0.15, -0.1) is 0 Å². The summed E-state index contributed by atoms with van der Waals surface area (Å²) in [7, 11) is 1.44. The Balaban J connectivity index is 2.06. The zero-order valence-corrected chi connectivity index (χ0v) is 17.9. The van der Waals surface area contributed by atoms with Crippen LogP contribution in [0.4, 0.5) is 5.69 Å². The summed E-state index contributed by atoms with van der Waals surface area (Å²) >= 11 is 0. The van der Waals surface area contributed by atoms with Crippen molar-refractivity contribution in [2.75, 3.05) is 25.2 Å². The molecular formula is C24H21NO7. The van der Waals surface area contributed by atoms with Gasteiger partial charge in [0.1, 0.15) is 0 Å². The van der Waals surface area contributed by atoms with Crippen LogP contribution in [0.3, 0.4) is 0 Å². The van der Waals surface area contributed by atoms with Gasteiger partial charge in [0, 0.05) is 29.3 Å². The summed E-state index contributed by atoms with van der Waals surface area (Å²) < 4.78 is 10.4. The van der Waals surface area contributed by atoms with Crippen LogP contribution in [-0.4, -0.2) is 49.7 Å². The van der Waals surface area contributed by atoms with Crippen molar-refractivity contribution in [1.29, 1.82) is 0 Å². The van der Waals surface area contributed by atoms with E-state index in [1.54, 1.807) is 32.0 Å². The van der Waals surface area contributed by atoms with Gasteiger partial charge in [-0.3, -0.25) is 24.0 Å². The number of amides is 1. The van der Waals surface area contributed by atoms with Gasteiger partial charge in [-0.1, -0.05) is 30.3 Å². The number of ether oxygens (including phenoxy) is 2. The highest BCUT2D eigenvalue weighted by Gasteiger charge is 2.57. The minimum absolute atomic E-state index is 0.0141. The number of anilines is 1. The number of hydrogen-bond acceptors (Lipinski definition) is 7.